The van der Waals surface area contributed by atoms with Crippen LogP contribution in [0.3, 0.4) is 0 Å². The van der Waals surface area contributed by atoms with Gasteiger partial charge in [-0.25, -0.2) is 9.97 Å². The SMILES string of the molecule is Cc1ncnc2cc(P(C)(C)=O)sc12. The number of aryl methyl sites for hydroxylation is 1. The molecule has 74 valence electrons. The van der Waals surface area contributed by atoms with E-state index in [4.69, 9.17) is 0 Å². The van der Waals surface area contributed by atoms with E-state index in [9.17, 15) is 4.57 Å². The maximum Gasteiger partial charge on any atom is 0.119 e. The van der Waals surface area contributed by atoms with Crippen molar-refractivity contribution in [2.75, 3.05) is 13.3 Å². The van der Waals surface area contributed by atoms with Crippen LogP contribution < -0.4 is 4.62 Å². The normalized spacial score (nSPS) is 12.2. The van der Waals surface area contributed by atoms with Crippen molar-refractivity contribution in [3.63, 3.8) is 0 Å². The monoisotopic (exact) mass is 226 g/mol. The summed E-state index contributed by atoms with van der Waals surface area (Å²) >= 11 is 1.54. The Bertz CT molecular complexity index is 529. The zero-order valence-electron chi connectivity index (χ0n) is 8.31. The first-order chi connectivity index (χ1) is 6.48. The third kappa shape index (κ3) is 1.60. The van der Waals surface area contributed by atoms with Crippen LogP contribution in [-0.4, -0.2) is 23.3 Å². The zero-order valence-corrected chi connectivity index (χ0v) is 10.0. The lowest BCUT2D eigenvalue weighted by Crippen LogP contribution is -1.93. The molecule has 2 heterocycles. The molecule has 2 rings (SSSR count). The number of nitrogens with zero attached hydrogens (tertiary/aromatic N) is 2. The van der Waals surface area contributed by atoms with Crippen molar-refractivity contribution < 1.29 is 4.57 Å². The highest BCUT2D eigenvalue weighted by molar-refractivity contribution is 7.76. The first kappa shape index (κ1) is 9.81. The molecule has 0 atom stereocenters. The lowest BCUT2D eigenvalue weighted by molar-refractivity contribution is 0.588. The minimum atomic E-state index is -2.16. The summed E-state index contributed by atoms with van der Waals surface area (Å²) in [6.07, 6.45) is 1.55. The number of rotatable bonds is 1. The Morgan fingerprint density at radius 3 is 2.64 bits per heavy atom. The van der Waals surface area contributed by atoms with Crippen molar-refractivity contribution >= 4 is 33.3 Å². The molecule has 0 saturated carbocycles. The summed E-state index contributed by atoms with van der Waals surface area (Å²) < 4.78 is 13.8. The highest BCUT2D eigenvalue weighted by Crippen LogP contribution is 2.39. The Balaban J connectivity index is 2.75. The molecule has 0 aromatic carbocycles. The van der Waals surface area contributed by atoms with E-state index in [1.807, 2.05) is 13.0 Å². The first-order valence-corrected chi connectivity index (χ1v) is 7.67. The van der Waals surface area contributed by atoms with E-state index in [-0.39, 0.29) is 0 Å². The fourth-order valence-corrected chi connectivity index (χ4v) is 3.61. The predicted octanol–water partition coefficient (Wildman–Crippen LogP) is 2.25. The minimum Gasteiger partial charge on any atom is -0.318 e. The van der Waals surface area contributed by atoms with Gasteiger partial charge in [0.15, 0.2) is 0 Å². The van der Waals surface area contributed by atoms with Crippen molar-refractivity contribution in [1.82, 2.24) is 9.97 Å². The molecule has 0 bridgehead atoms. The molecule has 0 aliphatic carbocycles. The highest BCUT2D eigenvalue weighted by Gasteiger charge is 2.16. The van der Waals surface area contributed by atoms with Crippen LogP contribution in [0.25, 0.3) is 10.2 Å². The van der Waals surface area contributed by atoms with E-state index in [0.29, 0.717) is 0 Å². The van der Waals surface area contributed by atoms with E-state index < -0.39 is 7.14 Å². The molecule has 0 radical (unpaired) electrons. The van der Waals surface area contributed by atoms with Crippen molar-refractivity contribution in [3.8, 4) is 0 Å². The average molecular weight is 226 g/mol. The molecule has 14 heavy (non-hydrogen) atoms. The van der Waals surface area contributed by atoms with Crippen LogP contribution in [-0.2, 0) is 4.57 Å². The van der Waals surface area contributed by atoms with Gasteiger partial charge in [-0.05, 0) is 26.3 Å². The number of hydrogen-bond acceptors (Lipinski definition) is 4. The van der Waals surface area contributed by atoms with Crippen molar-refractivity contribution in [2.24, 2.45) is 0 Å². The van der Waals surface area contributed by atoms with Gasteiger partial charge < -0.3 is 4.57 Å². The number of thiophene rings is 1. The molecule has 2 aromatic rings. The number of fused-ring (bicyclic) bond motifs is 1. The van der Waals surface area contributed by atoms with Gasteiger partial charge in [-0.3, -0.25) is 0 Å². The lowest BCUT2D eigenvalue weighted by Gasteiger charge is -1.99. The van der Waals surface area contributed by atoms with Crippen LogP contribution in [0.4, 0.5) is 0 Å². The van der Waals surface area contributed by atoms with Gasteiger partial charge in [0, 0.05) is 0 Å². The number of aromatic nitrogens is 2. The summed E-state index contributed by atoms with van der Waals surface area (Å²) in [6.45, 7) is 5.50. The molecule has 3 nitrogen and oxygen atoms in total. The van der Waals surface area contributed by atoms with Gasteiger partial charge >= 0.3 is 0 Å². The van der Waals surface area contributed by atoms with Crippen molar-refractivity contribution in [3.05, 3.63) is 18.1 Å². The van der Waals surface area contributed by atoms with Crippen LogP contribution in [0, 0.1) is 6.92 Å². The molecule has 0 unspecified atom stereocenters. The molecule has 0 N–H and O–H groups in total. The zero-order chi connectivity index (χ0) is 10.3. The third-order valence-electron chi connectivity index (χ3n) is 2.01. The second kappa shape index (κ2) is 3.14. The molecule has 0 spiro atoms. The van der Waals surface area contributed by atoms with E-state index >= 15 is 0 Å². The smallest absolute Gasteiger partial charge is 0.119 e. The fourth-order valence-electron chi connectivity index (χ4n) is 1.23. The second-order valence-electron chi connectivity index (χ2n) is 3.61. The second-order valence-corrected chi connectivity index (χ2v) is 8.15. The van der Waals surface area contributed by atoms with E-state index in [2.05, 4.69) is 9.97 Å². The molecule has 0 aliphatic heterocycles. The van der Waals surface area contributed by atoms with Crippen molar-refractivity contribution in [2.45, 2.75) is 6.92 Å². The van der Waals surface area contributed by atoms with Crippen LogP contribution in [0.2, 0.25) is 0 Å². The first-order valence-electron chi connectivity index (χ1n) is 4.25. The average Bonchev–Trinajstić information content (AvgIpc) is 2.48. The maximum atomic E-state index is 11.9. The van der Waals surface area contributed by atoms with Gasteiger partial charge in [-0.2, -0.15) is 0 Å². The standard InChI is InChI=1S/C9H11N2OPS/c1-6-9-7(11-5-10-6)4-8(14-9)13(2,3)12/h4-5H,1-3H3. The van der Waals surface area contributed by atoms with Gasteiger partial charge in [-0.1, -0.05) is 0 Å². The summed E-state index contributed by atoms with van der Waals surface area (Å²) in [5.74, 6) is 0. The Morgan fingerprint density at radius 2 is 2.07 bits per heavy atom. The molecule has 5 heteroatoms. The molecular weight excluding hydrogens is 215 g/mol. The van der Waals surface area contributed by atoms with Gasteiger partial charge in [0.25, 0.3) is 0 Å². The van der Waals surface area contributed by atoms with E-state index in [1.54, 1.807) is 31.0 Å². The maximum absolute atomic E-state index is 11.9. The van der Waals surface area contributed by atoms with Gasteiger partial charge in [0.1, 0.15) is 13.5 Å². The van der Waals surface area contributed by atoms with E-state index in [0.717, 1.165) is 20.5 Å². The lowest BCUT2D eigenvalue weighted by atomic mass is 10.4. The Labute approximate surface area is 86.6 Å². The Morgan fingerprint density at radius 1 is 1.36 bits per heavy atom. The molecular formula is C9H11N2OPS. The summed E-state index contributed by atoms with van der Waals surface area (Å²) in [5.41, 5.74) is 1.86. The van der Waals surface area contributed by atoms with Crippen molar-refractivity contribution in [1.29, 1.82) is 0 Å². The van der Waals surface area contributed by atoms with Crippen LogP contribution in [0.15, 0.2) is 12.4 Å². The summed E-state index contributed by atoms with van der Waals surface area (Å²) in [4.78, 5) is 8.27. The largest absolute Gasteiger partial charge is 0.318 e. The molecule has 0 fully saturated rings. The topological polar surface area (TPSA) is 42.9 Å². The predicted molar refractivity (Wildman–Crippen MR) is 61.2 cm³/mol. The van der Waals surface area contributed by atoms with Crippen LogP contribution in [0.1, 0.15) is 5.69 Å². The Kier molecular flexibility index (Phi) is 2.20. The summed E-state index contributed by atoms with van der Waals surface area (Å²) in [6, 6.07) is 1.91. The Hall–Kier alpha value is -0.730. The number of hydrogen-bond donors (Lipinski definition) is 0. The van der Waals surface area contributed by atoms with Gasteiger partial charge in [0.2, 0.25) is 0 Å². The quantitative estimate of drug-likeness (QED) is 0.700. The molecule has 0 amide bonds. The van der Waals surface area contributed by atoms with Gasteiger partial charge in [-0.15, -0.1) is 11.3 Å². The fraction of sp³-hybridized carbons (Fsp3) is 0.333. The minimum absolute atomic E-state index is 0.904. The van der Waals surface area contributed by atoms with Crippen LogP contribution in [0.5, 0.6) is 0 Å². The summed E-state index contributed by atoms with van der Waals surface area (Å²) in [5, 5.41) is 0. The van der Waals surface area contributed by atoms with Crippen LogP contribution >= 0.6 is 18.5 Å². The molecule has 2 aromatic heterocycles. The highest BCUT2D eigenvalue weighted by atomic mass is 32.1. The molecule has 0 aliphatic rings. The molecule has 0 saturated heterocycles. The van der Waals surface area contributed by atoms with Gasteiger partial charge in [0.05, 0.1) is 20.5 Å². The van der Waals surface area contributed by atoms with E-state index in [1.165, 1.54) is 0 Å². The summed E-state index contributed by atoms with van der Waals surface area (Å²) in [7, 11) is -2.16. The third-order valence-corrected chi connectivity index (χ3v) is 5.83.